The third kappa shape index (κ3) is 3.37. The second kappa shape index (κ2) is 5.73. The lowest BCUT2D eigenvalue weighted by atomic mass is 10.1. The molecular weight excluding hydrogens is 301 g/mol. The number of halogens is 2. The van der Waals surface area contributed by atoms with Crippen molar-refractivity contribution in [2.24, 2.45) is 0 Å². The zero-order chi connectivity index (χ0) is 13.0. The molecule has 0 radical (unpaired) electrons. The molecule has 0 saturated heterocycles. The number of ketones is 1. The smallest absolute Gasteiger partial charge is 0.200 e. The van der Waals surface area contributed by atoms with Crippen molar-refractivity contribution < 1.29 is 13.9 Å². The van der Waals surface area contributed by atoms with E-state index in [4.69, 9.17) is 4.74 Å². The molecule has 18 heavy (non-hydrogen) atoms. The van der Waals surface area contributed by atoms with Gasteiger partial charge in [0.15, 0.2) is 12.4 Å². The molecule has 0 aliphatic heterocycles. The van der Waals surface area contributed by atoms with Crippen LogP contribution in [0.2, 0.25) is 0 Å². The lowest BCUT2D eigenvalue weighted by Crippen LogP contribution is -2.11. The fraction of sp³-hybridized carbons (Fsp3) is 0.0769. The molecule has 0 unspecified atom stereocenters. The van der Waals surface area contributed by atoms with E-state index in [1.54, 1.807) is 12.3 Å². The van der Waals surface area contributed by atoms with Gasteiger partial charge in [0, 0.05) is 16.2 Å². The largest absolute Gasteiger partial charge is 0.484 e. The summed E-state index contributed by atoms with van der Waals surface area (Å²) in [5.74, 6) is -0.0847. The van der Waals surface area contributed by atoms with Gasteiger partial charge in [0.1, 0.15) is 11.6 Å². The second-order valence-electron chi connectivity index (χ2n) is 3.56. The number of hydrogen-bond acceptors (Lipinski definition) is 3. The standard InChI is InChI=1S/C13H9BrFNO2/c14-10-5-12(7-16-6-10)18-8-13(17)9-1-3-11(15)4-2-9/h1-7H,8H2. The Morgan fingerprint density at radius 3 is 2.67 bits per heavy atom. The first-order valence-electron chi connectivity index (χ1n) is 5.17. The van der Waals surface area contributed by atoms with Crippen LogP contribution in [-0.4, -0.2) is 17.4 Å². The number of carbonyl (C=O) groups is 1. The lowest BCUT2D eigenvalue weighted by molar-refractivity contribution is 0.0921. The van der Waals surface area contributed by atoms with Crippen LogP contribution in [0.5, 0.6) is 5.75 Å². The summed E-state index contributed by atoms with van der Waals surface area (Å²) >= 11 is 3.25. The highest BCUT2D eigenvalue weighted by Gasteiger charge is 2.07. The van der Waals surface area contributed by atoms with Crippen molar-refractivity contribution in [3.05, 3.63) is 58.6 Å². The molecule has 0 amide bonds. The van der Waals surface area contributed by atoms with Gasteiger partial charge in [-0.15, -0.1) is 0 Å². The van der Waals surface area contributed by atoms with Gasteiger partial charge in [-0.25, -0.2) is 4.39 Å². The summed E-state index contributed by atoms with van der Waals surface area (Å²) in [5, 5.41) is 0. The molecule has 1 aromatic heterocycles. The summed E-state index contributed by atoms with van der Waals surface area (Å²) in [6.07, 6.45) is 3.14. The van der Waals surface area contributed by atoms with Gasteiger partial charge in [0.05, 0.1) is 6.20 Å². The van der Waals surface area contributed by atoms with E-state index >= 15 is 0 Å². The minimum absolute atomic E-state index is 0.107. The van der Waals surface area contributed by atoms with Gasteiger partial charge in [-0.1, -0.05) is 0 Å². The van der Waals surface area contributed by atoms with Crippen LogP contribution in [0.4, 0.5) is 4.39 Å². The highest BCUT2D eigenvalue weighted by Crippen LogP contribution is 2.16. The molecule has 0 aliphatic carbocycles. The number of ether oxygens (including phenoxy) is 1. The molecule has 0 atom stereocenters. The number of nitrogens with zero attached hydrogens (tertiary/aromatic N) is 1. The van der Waals surface area contributed by atoms with Crippen LogP contribution in [0.15, 0.2) is 47.2 Å². The maximum Gasteiger partial charge on any atom is 0.200 e. The van der Waals surface area contributed by atoms with Crippen LogP contribution >= 0.6 is 15.9 Å². The van der Waals surface area contributed by atoms with Gasteiger partial charge in [-0.3, -0.25) is 9.78 Å². The Hall–Kier alpha value is -1.75. The van der Waals surface area contributed by atoms with Crippen molar-refractivity contribution in [2.45, 2.75) is 0 Å². The molecule has 5 heteroatoms. The quantitative estimate of drug-likeness (QED) is 0.814. The van der Waals surface area contributed by atoms with Gasteiger partial charge in [-0.2, -0.15) is 0 Å². The number of carbonyl (C=O) groups excluding carboxylic acids is 1. The number of benzene rings is 1. The third-order valence-corrected chi connectivity index (χ3v) is 2.65. The first-order chi connectivity index (χ1) is 8.65. The van der Waals surface area contributed by atoms with E-state index in [1.165, 1.54) is 30.5 Å². The molecule has 3 nitrogen and oxygen atoms in total. The van der Waals surface area contributed by atoms with Crippen molar-refractivity contribution >= 4 is 21.7 Å². The van der Waals surface area contributed by atoms with Gasteiger partial charge in [-0.05, 0) is 46.3 Å². The van der Waals surface area contributed by atoms with Crippen LogP contribution in [0.25, 0.3) is 0 Å². The Morgan fingerprint density at radius 2 is 2.00 bits per heavy atom. The summed E-state index contributed by atoms with van der Waals surface area (Å²) < 4.78 is 18.8. The molecule has 0 bridgehead atoms. The number of hydrogen-bond donors (Lipinski definition) is 0. The highest BCUT2D eigenvalue weighted by molar-refractivity contribution is 9.10. The number of rotatable bonds is 4. The second-order valence-corrected chi connectivity index (χ2v) is 4.47. The van der Waals surface area contributed by atoms with E-state index in [-0.39, 0.29) is 18.2 Å². The minimum Gasteiger partial charge on any atom is -0.484 e. The van der Waals surface area contributed by atoms with Crippen molar-refractivity contribution in [2.75, 3.05) is 6.61 Å². The maximum absolute atomic E-state index is 12.7. The maximum atomic E-state index is 12.7. The van der Waals surface area contributed by atoms with Crippen LogP contribution in [-0.2, 0) is 0 Å². The third-order valence-electron chi connectivity index (χ3n) is 2.22. The zero-order valence-corrected chi connectivity index (χ0v) is 10.9. The monoisotopic (exact) mass is 309 g/mol. The number of Topliss-reactive ketones (excluding diaryl/α,β-unsaturated/α-hetero) is 1. The van der Waals surface area contributed by atoms with E-state index in [0.29, 0.717) is 11.3 Å². The Bertz CT molecular complexity index is 557. The Morgan fingerprint density at radius 1 is 1.28 bits per heavy atom. The fourth-order valence-electron chi connectivity index (χ4n) is 1.34. The average molecular weight is 310 g/mol. The molecule has 0 N–H and O–H groups in total. The Balaban J connectivity index is 1.98. The number of pyridine rings is 1. The Labute approximate surface area is 112 Å². The first-order valence-corrected chi connectivity index (χ1v) is 5.96. The predicted octanol–water partition coefficient (Wildman–Crippen LogP) is 3.24. The molecule has 92 valence electrons. The van der Waals surface area contributed by atoms with Gasteiger partial charge >= 0.3 is 0 Å². The van der Waals surface area contributed by atoms with E-state index < -0.39 is 0 Å². The van der Waals surface area contributed by atoms with Crippen molar-refractivity contribution in [3.63, 3.8) is 0 Å². The van der Waals surface area contributed by atoms with E-state index in [9.17, 15) is 9.18 Å². The van der Waals surface area contributed by atoms with E-state index in [1.807, 2.05) is 0 Å². The van der Waals surface area contributed by atoms with Crippen LogP contribution in [0, 0.1) is 5.82 Å². The fourth-order valence-corrected chi connectivity index (χ4v) is 1.68. The summed E-state index contributed by atoms with van der Waals surface area (Å²) in [6, 6.07) is 7.06. The van der Waals surface area contributed by atoms with Gasteiger partial charge < -0.3 is 4.74 Å². The van der Waals surface area contributed by atoms with E-state index in [0.717, 1.165) is 4.47 Å². The van der Waals surface area contributed by atoms with Crippen LogP contribution < -0.4 is 4.74 Å². The molecule has 0 aliphatic rings. The van der Waals surface area contributed by atoms with Crippen molar-refractivity contribution in [3.8, 4) is 5.75 Å². The first kappa shape index (κ1) is 12.7. The molecular formula is C13H9BrFNO2. The van der Waals surface area contributed by atoms with Crippen molar-refractivity contribution in [1.29, 1.82) is 0 Å². The topological polar surface area (TPSA) is 39.2 Å². The SMILES string of the molecule is O=C(COc1cncc(Br)c1)c1ccc(F)cc1. The molecule has 1 aromatic carbocycles. The number of aromatic nitrogens is 1. The molecule has 0 saturated carbocycles. The van der Waals surface area contributed by atoms with Gasteiger partial charge in [0.25, 0.3) is 0 Å². The lowest BCUT2D eigenvalue weighted by Gasteiger charge is -2.05. The summed E-state index contributed by atoms with van der Waals surface area (Å²) in [7, 11) is 0. The zero-order valence-electron chi connectivity index (χ0n) is 9.27. The minimum atomic E-state index is -0.372. The molecule has 0 fully saturated rings. The average Bonchev–Trinajstić information content (AvgIpc) is 2.37. The van der Waals surface area contributed by atoms with Crippen LogP contribution in [0.3, 0.4) is 0 Å². The van der Waals surface area contributed by atoms with E-state index in [2.05, 4.69) is 20.9 Å². The molecule has 2 rings (SSSR count). The highest BCUT2D eigenvalue weighted by atomic mass is 79.9. The summed E-state index contributed by atoms with van der Waals surface area (Å²) in [4.78, 5) is 15.6. The summed E-state index contributed by atoms with van der Waals surface area (Å²) in [5.41, 5.74) is 0.416. The van der Waals surface area contributed by atoms with Crippen LogP contribution in [0.1, 0.15) is 10.4 Å². The van der Waals surface area contributed by atoms with Crippen molar-refractivity contribution in [1.82, 2.24) is 4.98 Å². The predicted molar refractivity (Wildman–Crippen MR) is 68.2 cm³/mol. The molecule has 1 heterocycles. The van der Waals surface area contributed by atoms with Gasteiger partial charge in [0.2, 0.25) is 0 Å². The summed E-state index contributed by atoms with van der Waals surface area (Å²) in [6.45, 7) is -0.107. The normalized spacial score (nSPS) is 10.1. The molecule has 2 aromatic rings. The molecule has 0 spiro atoms. The Kier molecular flexibility index (Phi) is 4.04.